The maximum atomic E-state index is 12.1. The summed E-state index contributed by atoms with van der Waals surface area (Å²) in [6.07, 6.45) is 0. The Kier molecular flexibility index (Phi) is 5.89. The lowest BCUT2D eigenvalue weighted by Gasteiger charge is -2.40. The first-order valence-corrected chi connectivity index (χ1v) is 10.4. The van der Waals surface area contributed by atoms with E-state index in [-0.39, 0.29) is 28.5 Å². The summed E-state index contributed by atoms with van der Waals surface area (Å²) in [5.74, 6) is -0.722. The van der Waals surface area contributed by atoms with Gasteiger partial charge in [-0.25, -0.2) is 27.7 Å². The van der Waals surface area contributed by atoms with Gasteiger partial charge in [0.2, 0.25) is 0 Å². The molecule has 0 bridgehead atoms. The number of benzene rings is 1. The molecule has 0 saturated carbocycles. The zero-order valence-corrected chi connectivity index (χ0v) is 16.8. The van der Waals surface area contributed by atoms with E-state index >= 15 is 0 Å². The Hall–Kier alpha value is -3.65. The SMILES string of the molecule is Cc1nc(N2CC(CNC(=O)NS(=O)(=O)c3ccccc3)C2)c(C#N)cc1C(=O)O. The fourth-order valence-electron chi connectivity index (χ4n) is 3.06. The third kappa shape index (κ3) is 4.49. The van der Waals surface area contributed by atoms with Crippen LogP contribution in [0.3, 0.4) is 0 Å². The molecule has 1 saturated heterocycles. The molecule has 1 aliphatic heterocycles. The smallest absolute Gasteiger partial charge is 0.337 e. The molecular weight excluding hydrogens is 410 g/mol. The first-order chi connectivity index (χ1) is 14.2. The van der Waals surface area contributed by atoms with Crippen molar-refractivity contribution in [3.8, 4) is 6.07 Å². The van der Waals surface area contributed by atoms with Crippen LogP contribution in [0.5, 0.6) is 0 Å². The number of rotatable bonds is 6. The maximum Gasteiger partial charge on any atom is 0.337 e. The number of aryl methyl sites for hydroxylation is 1. The molecule has 1 aromatic heterocycles. The predicted octanol–water partition coefficient (Wildman–Crippen LogP) is 1.08. The van der Waals surface area contributed by atoms with Gasteiger partial charge in [-0.1, -0.05) is 18.2 Å². The number of nitriles is 1. The second-order valence-electron chi connectivity index (χ2n) is 6.81. The summed E-state index contributed by atoms with van der Waals surface area (Å²) in [4.78, 5) is 29.2. The number of sulfonamides is 1. The van der Waals surface area contributed by atoms with Crippen molar-refractivity contribution in [1.29, 1.82) is 5.26 Å². The van der Waals surface area contributed by atoms with Crippen LogP contribution >= 0.6 is 0 Å². The minimum atomic E-state index is -3.94. The summed E-state index contributed by atoms with van der Waals surface area (Å²) in [6.45, 7) is 2.77. The van der Waals surface area contributed by atoms with Gasteiger partial charge in [0.15, 0.2) is 0 Å². The van der Waals surface area contributed by atoms with Crippen molar-refractivity contribution in [3.05, 3.63) is 53.2 Å². The van der Waals surface area contributed by atoms with Crippen molar-refractivity contribution >= 4 is 27.8 Å². The molecule has 0 unspecified atom stereocenters. The molecule has 30 heavy (non-hydrogen) atoms. The van der Waals surface area contributed by atoms with E-state index in [0.717, 1.165) is 0 Å². The molecule has 1 aromatic carbocycles. The predicted molar refractivity (Wildman–Crippen MR) is 107 cm³/mol. The average Bonchev–Trinajstić information content (AvgIpc) is 2.67. The first kappa shape index (κ1) is 21.1. The van der Waals surface area contributed by atoms with Crippen LogP contribution in [0.1, 0.15) is 21.6 Å². The topological polar surface area (TPSA) is 152 Å². The van der Waals surface area contributed by atoms with Gasteiger partial charge in [-0.3, -0.25) is 0 Å². The zero-order valence-electron chi connectivity index (χ0n) is 16.0. The summed E-state index contributed by atoms with van der Waals surface area (Å²) >= 11 is 0. The number of aromatic carboxylic acids is 1. The number of carbonyl (C=O) groups excluding carboxylic acids is 1. The molecule has 156 valence electrons. The number of carbonyl (C=O) groups is 2. The number of amides is 2. The Morgan fingerprint density at radius 1 is 1.30 bits per heavy atom. The van der Waals surface area contributed by atoms with Crippen molar-refractivity contribution in [2.24, 2.45) is 5.92 Å². The number of hydrogen-bond donors (Lipinski definition) is 3. The Morgan fingerprint density at radius 3 is 2.57 bits per heavy atom. The minimum absolute atomic E-state index is 0.00902. The molecular formula is C19H19N5O5S. The standard InChI is InChI=1S/C19H19N5O5S/c1-12-16(18(25)26)7-14(8-20)17(22-12)24-10-13(11-24)9-21-19(27)23-30(28,29)15-5-3-2-4-6-15/h2-7,13H,9-11H2,1H3,(H,25,26)(H2,21,23,27). The van der Waals surface area contributed by atoms with Gasteiger partial charge >= 0.3 is 12.0 Å². The molecule has 3 N–H and O–H groups in total. The number of aromatic nitrogens is 1. The number of hydrogen-bond acceptors (Lipinski definition) is 7. The lowest BCUT2D eigenvalue weighted by molar-refractivity contribution is 0.0695. The van der Waals surface area contributed by atoms with Crippen LogP contribution in [0.15, 0.2) is 41.3 Å². The quantitative estimate of drug-likeness (QED) is 0.617. The highest BCUT2D eigenvalue weighted by Gasteiger charge is 2.31. The minimum Gasteiger partial charge on any atom is -0.478 e. The van der Waals surface area contributed by atoms with Crippen molar-refractivity contribution in [1.82, 2.24) is 15.0 Å². The zero-order chi connectivity index (χ0) is 21.9. The summed E-state index contributed by atoms with van der Waals surface area (Å²) in [5.41, 5.74) is 0.449. The molecule has 10 nitrogen and oxygen atoms in total. The molecule has 2 amide bonds. The molecule has 2 heterocycles. The number of carboxylic acid groups (broad SMARTS) is 1. The Labute approximate surface area is 173 Å². The largest absolute Gasteiger partial charge is 0.478 e. The second-order valence-corrected chi connectivity index (χ2v) is 8.49. The number of nitrogens with zero attached hydrogens (tertiary/aromatic N) is 3. The number of anilines is 1. The summed E-state index contributed by atoms with van der Waals surface area (Å²) in [6, 6.07) is 10.00. The second kappa shape index (κ2) is 8.38. The van der Waals surface area contributed by atoms with Crippen molar-refractivity contribution in [2.45, 2.75) is 11.8 Å². The fraction of sp³-hybridized carbons (Fsp3) is 0.263. The van der Waals surface area contributed by atoms with Gasteiger partial charge < -0.3 is 15.3 Å². The Balaban J connectivity index is 1.54. The molecule has 1 fully saturated rings. The highest BCUT2D eigenvalue weighted by atomic mass is 32.2. The van der Waals surface area contributed by atoms with E-state index in [1.54, 1.807) is 25.1 Å². The van der Waals surface area contributed by atoms with E-state index in [2.05, 4.69) is 10.3 Å². The Bertz CT molecular complexity index is 1120. The van der Waals surface area contributed by atoms with Crippen molar-refractivity contribution in [3.63, 3.8) is 0 Å². The molecule has 0 spiro atoms. The van der Waals surface area contributed by atoms with E-state index in [1.165, 1.54) is 18.2 Å². The van der Waals surface area contributed by atoms with Crippen LogP contribution in [-0.4, -0.2) is 50.1 Å². The van der Waals surface area contributed by atoms with Crippen LogP contribution in [0, 0.1) is 24.2 Å². The molecule has 11 heteroatoms. The number of carboxylic acids is 1. The van der Waals surface area contributed by atoms with Crippen molar-refractivity contribution < 1.29 is 23.1 Å². The van der Waals surface area contributed by atoms with E-state index in [4.69, 9.17) is 5.11 Å². The third-order valence-electron chi connectivity index (χ3n) is 4.63. The molecule has 0 radical (unpaired) electrons. The van der Waals surface area contributed by atoms with E-state index in [9.17, 15) is 23.3 Å². The maximum absolute atomic E-state index is 12.1. The van der Waals surface area contributed by atoms with Crippen molar-refractivity contribution in [2.75, 3.05) is 24.5 Å². The van der Waals surface area contributed by atoms with Gasteiger partial charge in [0.25, 0.3) is 10.0 Å². The number of urea groups is 1. The molecule has 0 aliphatic carbocycles. The molecule has 1 aliphatic rings. The third-order valence-corrected chi connectivity index (χ3v) is 5.98. The van der Waals surface area contributed by atoms with Gasteiger partial charge in [-0.05, 0) is 25.1 Å². The van der Waals surface area contributed by atoms with Gasteiger partial charge in [-0.15, -0.1) is 0 Å². The lowest BCUT2D eigenvalue weighted by Crippen LogP contribution is -2.53. The van der Waals surface area contributed by atoms with E-state index < -0.39 is 22.0 Å². The Morgan fingerprint density at radius 2 is 1.97 bits per heavy atom. The number of pyridine rings is 1. The fourth-order valence-corrected chi connectivity index (χ4v) is 4.01. The summed E-state index contributed by atoms with van der Waals surface area (Å²) < 4.78 is 26.2. The normalized spacial score (nSPS) is 13.8. The lowest BCUT2D eigenvalue weighted by atomic mass is 9.99. The van der Waals surface area contributed by atoms with E-state index in [0.29, 0.717) is 24.6 Å². The van der Waals surface area contributed by atoms with Crippen LogP contribution < -0.4 is 14.9 Å². The highest BCUT2D eigenvalue weighted by molar-refractivity contribution is 7.90. The van der Waals surface area contributed by atoms with Gasteiger partial charge in [-0.2, -0.15) is 5.26 Å². The first-order valence-electron chi connectivity index (χ1n) is 8.97. The van der Waals surface area contributed by atoms with Gasteiger partial charge in [0, 0.05) is 25.6 Å². The monoisotopic (exact) mass is 429 g/mol. The summed E-state index contributed by atoms with van der Waals surface area (Å²) in [5, 5.41) is 21.0. The van der Waals surface area contributed by atoms with Crippen LogP contribution in [0.25, 0.3) is 0 Å². The van der Waals surface area contributed by atoms with Crippen LogP contribution in [0.4, 0.5) is 10.6 Å². The molecule has 0 atom stereocenters. The van der Waals surface area contributed by atoms with Crippen LogP contribution in [0.2, 0.25) is 0 Å². The van der Waals surface area contributed by atoms with Gasteiger partial charge in [0.1, 0.15) is 11.9 Å². The van der Waals surface area contributed by atoms with Crippen LogP contribution in [-0.2, 0) is 10.0 Å². The molecule has 3 rings (SSSR count). The molecule has 2 aromatic rings. The number of nitrogens with one attached hydrogen (secondary N) is 2. The highest BCUT2D eigenvalue weighted by Crippen LogP contribution is 2.27. The summed E-state index contributed by atoms with van der Waals surface area (Å²) in [7, 11) is -3.94. The van der Waals surface area contributed by atoms with E-state index in [1.807, 2.05) is 15.7 Å². The van der Waals surface area contributed by atoms with Gasteiger partial charge in [0.05, 0.1) is 21.7 Å². The average molecular weight is 429 g/mol.